The lowest BCUT2D eigenvalue weighted by Crippen LogP contribution is -2.21. The molecule has 2 nitrogen and oxygen atoms in total. The first kappa shape index (κ1) is 51.7. The van der Waals surface area contributed by atoms with Gasteiger partial charge < -0.3 is 9.80 Å². The Morgan fingerprint density at radius 3 is 1.33 bits per heavy atom. The summed E-state index contributed by atoms with van der Waals surface area (Å²) in [4.78, 5) is 5.01. The first-order valence-corrected chi connectivity index (χ1v) is 30.5. The fraction of sp³-hybridized carbons (Fsp3) is 0.259. The molecule has 10 aromatic carbocycles. The standard InChI is InChI=1S/C81H76N2/c1-48-55-28-20-21-29-56(55)63-45-72-64(44-62(48)63)58-36-32-53(42-70(58)80(72,10)11)82(49-24-16-14-17-25-49)51-34-38-60-67(40-51)75(77(2,3)4)61-39-35-52(41-68(61)76(60)78(5,6)7)83(50-26-18-15-19-27-50)54-33-37-59-66-47-73-65(46-74(66)81(12,13)71(59)43-54)57-30-22-23-31-69(57)79(73,8)9/h14-44,46-48,63H,45H2,1-13H3. The summed E-state index contributed by atoms with van der Waals surface area (Å²) >= 11 is 0. The van der Waals surface area contributed by atoms with Gasteiger partial charge in [0.2, 0.25) is 0 Å². The molecule has 10 aromatic rings. The van der Waals surface area contributed by atoms with Crippen LogP contribution in [0, 0.1) is 0 Å². The first-order chi connectivity index (χ1) is 39.6. The lowest BCUT2D eigenvalue weighted by Gasteiger charge is -2.33. The lowest BCUT2D eigenvalue weighted by atomic mass is 9.73. The van der Waals surface area contributed by atoms with Gasteiger partial charge in [-0.1, -0.05) is 216 Å². The van der Waals surface area contributed by atoms with Gasteiger partial charge in [-0.05, 0) is 207 Å². The molecular formula is C81H76N2. The second kappa shape index (κ2) is 17.7. The molecule has 15 rings (SSSR count). The Morgan fingerprint density at radius 2 is 0.783 bits per heavy atom. The molecule has 0 bridgehead atoms. The number of hydrogen-bond acceptors (Lipinski definition) is 2. The Bertz CT molecular complexity index is 4470. The van der Waals surface area contributed by atoms with Crippen LogP contribution in [0.2, 0.25) is 0 Å². The van der Waals surface area contributed by atoms with Gasteiger partial charge in [0.25, 0.3) is 0 Å². The number of para-hydroxylation sites is 2. The van der Waals surface area contributed by atoms with Crippen molar-refractivity contribution < 1.29 is 0 Å². The molecule has 0 fully saturated rings. The Morgan fingerprint density at radius 1 is 0.361 bits per heavy atom. The van der Waals surface area contributed by atoms with Gasteiger partial charge in [-0.2, -0.15) is 0 Å². The van der Waals surface area contributed by atoms with Crippen molar-refractivity contribution in [3.05, 3.63) is 267 Å². The minimum Gasteiger partial charge on any atom is -0.310 e. The van der Waals surface area contributed by atoms with E-state index >= 15 is 0 Å². The number of benzene rings is 10. The molecule has 0 heterocycles. The molecule has 2 atom stereocenters. The zero-order valence-corrected chi connectivity index (χ0v) is 50.8. The molecule has 0 amide bonds. The van der Waals surface area contributed by atoms with Crippen LogP contribution in [0.4, 0.5) is 34.1 Å². The largest absolute Gasteiger partial charge is 0.310 e. The summed E-state index contributed by atoms with van der Waals surface area (Å²) in [5, 5.41) is 5.24. The normalized spacial score (nSPS) is 18.2. The van der Waals surface area contributed by atoms with Crippen LogP contribution in [0.5, 0.6) is 0 Å². The van der Waals surface area contributed by atoms with Crippen LogP contribution in [0.25, 0.3) is 49.4 Å². The van der Waals surface area contributed by atoms with E-state index in [0.29, 0.717) is 11.8 Å². The van der Waals surface area contributed by atoms with Crippen molar-refractivity contribution in [2.45, 2.75) is 135 Å². The highest BCUT2D eigenvalue weighted by Crippen LogP contribution is 2.61. The van der Waals surface area contributed by atoms with Crippen molar-refractivity contribution in [1.29, 1.82) is 0 Å². The Labute approximate surface area is 492 Å². The first-order valence-electron chi connectivity index (χ1n) is 30.5. The number of allylic oxidation sites excluding steroid dienone is 4. The van der Waals surface area contributed by atoms with E-state index in [1.807, 2.05) is 0 Å². The van der Waals surface area contributed by atoms with Crippen molar-refractivity contribution in [3.8, 4) is 22.3 Å². The highest BCUT2D eigenvalue weighted by molar-refractivity contribution is 6.10. The zero-order valence-electron chi connectivity index (χ0n) is 50.8. The second-order valence-corrected chi connectivity index (χ2v) is 28.5. The van der Waals surface area contributed by atoms with Crippen LogP contribution in [0.15, 0.2) is 211 Å². The molecular weight excluding hydrogens is 1000 g/mol. The van der Waals surface area contributed by atoms with Gasteiger partial charge in [0.05, 0.1) is 0 Å². The fourth-order valence-corrected chi connectivity index (χ4v) is 16.5. The molecule has 0 radical (unpaired) electrons. The Kier molecular flexibility index (Phi) is 11.0. The maximum atomic E-state index is 2.59. The third-order valence-corrected chi connectivity index (χ3v) is 20.5. The summed E-state index contributed by atoms with van der Waals surface area (Å²) in [7, 11) is 0. The monoisotopic (exact) mass is 1080 g/mol. The van der Waals surface area contributed by atoms with E-state index in [1.165, 1.54) is 116 Å². The Balaban J connectivity index is 0.866. The van der Waals surface area contributed by atoms with Crippen LogP contribution in [-0.4, -0.2) is 0 Å². The van der Waals surface area contributed by atoms with Crippen LogP contribution >= 0.6 is 0 Å². The zero-order chi connectivity index (χ0) is 57.4. The predicted octanol–water partition coefficient (Wildman–Crippen LogP) is 22.4. The van der Waals surface area contributed by atoms with E-state index < -0.39 is 0 Å². The van der Waals surface area contributed by atoms with Crippen molar-refractivity contribution in [2.24, 2.45) is 0 Å². The van der Waals surface area contributed by atoms with Crippen molar-refractivity contribution >= 4 is 61.2 Å². The second-order valence-electron chi connectivity index (χ2n) is 28.5. The smallest absolute Gasteiger partial charge is 0.0468 e. The van der Waals surface area contributed by atoms with Crippen LogP contribution < -0.4 is 9.80 Å². The molecule has 2 heteroatoms. The molecule has 5 aliphatic carbocycles. The van der Waals surface area contributed by atoms with E-state index in [4.69, 9.17) is 0 Å². The SMILES string of the molecule is CC1C2=CC3=C(CC2c2ccccc21)C(C)(C)c1cc(N(c2ccccc2)c2ccc4c(C(C)(C)C)c5cc(N(c6ccccc6)c6ccc7c(c6)C(C)(C)c6cc8c(cc6-7)C(C)(C)c6ccccc6-8)ccc5c(C(C)(C)C)c4c2)ccc13. The topological polar surface area (TPSA) is 6.48 Å². The van der Waals surface area contributed by atoms with Gasteiger partial charge in [-0.15, -0.1) is 0 Å². The molecule has 83 heavy (non-hydrogen) atoms. The molecule has 0 aromatic heterocycles. The molecule has 2 unspecified atom stereocenters. The number of nitrogens with zero attached hydrogens (tertiary/aromatic N) is 2. The van der Waals surface area contributed by atoms with Gasteiger partial charge in [0.1, 0.15) is 0 Å². The number of hydrogen-bond donors (Lipinski definition) is 0. The van der Waals surface area contributed by atoms with Gasteiger partial charge in [0.15, 0.2) is 0 Å². The molecule has 0 saturated heterocycles. The van der Waals surface area contributed by atoms with Crippen molar-refractivity contribution in [2.75, 3.05) is 9.80 Å². The highest BCUT2D eigenvalue weighted by atomic mass is 15.1. The van der Waals surface area contributed by atoms with Gasteiger partial charge in [-0.25, -0.2) is 0 Å². The van der Waals surface area contributed by atoms with Crippen molar-refractivity contribution in [3.63, 3.8) is 0 Å². The minimum atomic E-state index is -0.198. The summed E-state index contributed by atoms with van der Waals surface area (Å²) < 4.78 is 0. The number of rotatable bonds is 6. The van der Waals surface area contributed by atoms with Gasteiger partial charge in [0, 0.05) is 62.2 Å². The Hall–Kier alpha value is -8.20. The van der Waals surface area contributed by atoms with Crippen LogP contribution in [0.3, 0.4) is 0 Å². The van der Waals surface area contributed by atoms with Crippen LogP contribution in [0.1, 0.15) is 164 Å². The van der Waals surface area contributed by atoms with Crippen molar-refractivity contribution in [1.82, 2.24) is 0 Å². The van der Waals surface area contributed by atoms with E-state index in [0.717, 1.165) is 29.2 Å². The maximum absolute atomic E-state index is 2.59. The molecule has 5 aliphatic rings. The molecule has 0 saturated carbocycles. The van der Waals surface area contributed by atoms with E-state index in [1.54, 1.807) is 11.1 Å². The molecule has 0 spiro atoms. The summed E-state index contributed by atoms with van der Waals surface area (Å²) in [6.07, 6.45) is 3.67. The third kappa shape index (κ3) is 7.46. The summed E-state index contributed by atoms with van der Waals surface area (Å²) in [6.45, 7) is 31.4. The maximum Gasteiger partial charge on any atom is 0.0468 e. The number of anilines is 6. The van der Waals surface area contributed by atoms with Crippen LogP contribution in [-0.2, 0) is 27.1 Å². The van der Waals surface area contributed by atoms with E-state index in [-0.39, 0.29) is 27.1 Å². The predicted molar refractivity (Wildman–Crippen MR) is 354 cm³/mol. The van der Waals surface area contributed by atoms with Gasteiger partial charge >= 0.3 is 0 Å². The minimum absolute atomic E-state index is 0.0622. The summed E-state index contributed by atoms with van der Waals surface area (Å²) in [6, 6.07) is 74.7. The lowest BCUT2D eigenvalue weighted by molar-refractivity contribution is 0.584. The highest BCUT2D eigenvalue weighted by Gasteiger charge is 2.46. The third-order valence-electron chi connectivity index (χ3n) is 20.5. The summed E-state index contributed by atoms with van der Waals surface area (Å²) in [5.41, 5.74) is 30.5. The summed E-state index contributed by atoms with van der Waals surface area (Å²) in [5.74, 6) is 0.895. The average Bonchev–Trinajstić information content (AvgIpc) is 3.34. The van der Waals surface area contributed by atoms with Gasteiger partial charge in [-0.3, -0.25) is 0 Å². The molecule has 0 aliphatic heterocycles. The fourth-order valence-electron chi connectivity index (χ4n) is 16.5. The molecule has 410 valence electrons. The quantitative estimate of drug-likeness (QED) is 0.153. The number of fused-ring (bicyclic) bond motifs is 13. The molecule has 0 N–H and O–H groups in total. The van der Waals surface area contributed by atoms with E-state index in [2.05, 4.69) is 300 Å². The average molecular weight is 1080 g/mol. The van der Waals surface area contributed by atoms with E-state index in [9.17, 15) is 0 Å².